The quantitative estimate of drug-likeness (QED) is 0.718. The molecule has 6 nitrogen and oxygen atoms in total. The van der Waals surface area contributed by atoms with Crippen LogP contribution in [0.15, 0.2) is 0 Å². The molecule has 2 aliphatic heterocycles. The lowest BCUT2D eigenvalue weighted by Gasteiger charge is -2.39. The van der Waals surface area contributed by atoms with Crippen LogP contribution in [0.5, 0.6) is 0 Å². The van der Waals surface area contributed by atoms with Crippen LogP contribution < -0.4 is 10.6 Å². The van der Waals surface area contributed by atoms with E-state index in [1.165, 1.54) is 12.8 Å². The lowest BCUT2D eigenvalue weighted by Crippen LogP contribution is -2.62. The van der Waals surface area contributed by atoms with Gasteiger partial charge < -0.3 is 15.7 Å². The normalized spacial score (nSPS) is 32.0. The molecule has 2 amide bonds. The molecule has 6 heteroatoms. The first-order valence-electron chi connectivity index (χ1n) is 7.67. The van der Waals surface area contributed by atoms with Crippen molar-refractivity contribution in [3.63, 3.8) is 0 Å². The summed E-state index contributed by atoms with van der Waals surface area (Å²) in [4.78, 5) is 25.8. The highest BCUT2D eigenvalue weighted by molar-refractivity contribution is 5.87. The van der Waals surface area contributed by atoms with E-state index < -0.39 is 11.5 Å². The zero-order chi connectivity index (χ0) is 14.2. The summed E-state index contributed by atoms with van der Waals surface area (Å²) in [5.74, 6) is -0.912. The number of rotatable bonds is 3. The third-order valence-corrected chi connectivity index (χ3v) is 5.14. The first kappa shape index (κ1) is 13.7. The average Bonchev–Trinajstić information content (AvgIpc) is 2.77. The topological polar surface area (TPSA) is 81.7 Å². The van der Waals surface area contributed by atoms with E-state index in [0.29, 0.717) is 18.9 Å². The number of urea groups is 1. The van der Waals surface area contributed by atoms with Crippen molar-refractivity contribution in [2.24, 2.45) is 0 Å². The lowest BCUT2D eigenvalue weighted by molar-refractivity contribution is -0.148. The van der Waals surface area contributed by atoms with Gasteiger partial charge in [0.2, 0.25) is 0 Å². The molecule has 2 saturated heterocycles. The van der Waals surface area contributed by atoms with E-state index in [1.54, 1.807) is 0 Å². The summed E-state index contributed by atoms with van der Waals surface area (Å²) in [6.07, 6.45) is 6.52. The Morgan fingerprint density at radius 3 is 2.55 bits per heavy atom. The molecule has 0 spiro atoms. The molecule has 0 aromatic carbocycles. The maximum Gasteiger partial charge on any atom is 0.329 e. The Hall–Kier alpha value is -1.30. The van der Waals surface area contributed by atoms with Gasteiger partial charge in [-0.1, -0.05) is 6.42 Å². The Morgan fingerprint density at radius 2 is 1.90 bits per heavy atom. The van der Waals surface area contributed by atoms with Crippen LogP contribution in [0.3, 0.4) is 0 Å². The summed E-state index contributed by atoms with van der Waals surface area (Å²) in [7, 11) is 0. The van der Waals surface area contributed by atoms with E-state index in [4.69, 9.17) is 0 Å². The molecule has 20 heavy (non-hydrogen) atoms. The van der Waals surface area contributed by atoms with Crippen molar-refractivity contribution in [1.29, 1.82) is 0 Å². The number of carboxylic acid groups (broad SMARTS) is 1. The first-order chi connectivity index (χ1) is 9.61. The summed E-state index contributed by atoms with van der Waals surface area (Å²) < 4.78 is 0. The largest absolute Gasteiger partial charge is 0.480 e. The Morgan fingerprint density at radius 1 is 1.10 bits per heavy atom. The van der Waals surface area contributed by atoms with Crippen molar-refractivity contribution in [3.05, 3.63) is 0 Å². The molecule has 1 aliphatic carbocycles. The number of carbonyl (C=O) groups excluding carboxylic acids is 1. The summed E-state index contributed by atoms with van der Waals surface area (Å²) in [5, 5.41) is 14.9. The molecular formula is C14H23N3O3. The van der Waals surface area contributed by atoms with Gasteiger partial charge in [0.15, 0.2) is 0 Å². The van der Waals surface area contributed by atoms with Crippen molar-refractivity contribution >= 4 is 12.0 Å². The van der Waals surface area contributed by atoms with Crippen LogP contribution in [0.1, 0.15) is 44.9 Å². The second-order valence-corrected chi connectivity index (χ2v) is 6.33. The van der Waals surface area contributed by atoms with Crippen LogP contribution in [-0.2, 0) is 4.79 Å². The summed E-state index contributed by atoms with van der Waals surface area (Å²) in [6, 6.07) is 0.294. The van der Waals surface area contributed by atoms with Crippen molar-refractivity contribution in [1.82, 2.24) is 15.5 Å². The molecule has 0 radical (unpaired) electrons. The van der Waals surface area contributed by atoms with Crippen molar-refractivity contribution in [2.45, 2.75) is 62.6 Å². The number of nitrogens with zero attached hydrogens (tertiary/aromatic N) is 1. The van der Waals surface area contributed by atoms with Gasteiger partial charge in [0, 0.05) is 18.6 Å². The highest BCUT2D eigenvalue weighted by atomic mass is 16.4. The molecule has 2 atom stereocenters. The molecule has 3 N–H and O–H groups in total. The number of nitrogens with one attached hydrogen (secondary N) is 2. The third kappa shape index (κ3) is 2.37. The number of amides is 2. The van der Waals surface area contributed by atoms with E-state index in [-0.39, 0.29) is 12.1 Å². The first-order valence-corrected chi connectivity index (χ1v) is 7.67. The van der Waals surface area contributed by atoms with Crippen molar-refractivity contribution in [2.75, 3.05) is 13.1 Å². The van der Waals surface area contributed by atoms with Crippen LogP contribution >= 0.6 is 0 Å². The van der Waals surface area contributed by atoms with Gasteiger partial charge in [0.1, 0.15) is 5.54 Å². The van der Waals surface area contributed by atoms with Gasteiger partial charge in [-0.05, 0) is 45.1 Å². The van der Waals surface area contributed by atoms with Gasteiger partial charge in [-0.2, -0.15) is 0 Å². The van der Waals surface area contributed by atoms with Gasteiger partial charge in [0.05, 0.1) is 0 Å². The Bertz CT molecular complexity index is 408. The zero-order valence-corrected chi connectivity index (χ0v) is 11.7. The smallest absolute Gasteiger partial charge is 0.329 e. The number of carboxylic acids is 1. The molecule has 1 saturated carbocycles. The molecule has 0 bridgehead atoms. The van der Waals surface area contributed by atoms with E-state index in [2.05, 4.69) is 15.5 Å². The van der Waals surface area contributed by atoms with Gasteiger partial charge in [0.25, 0.3) is 0 Å². The highest BCUT2D eigenvalue weighted by Crippen LogP contribution is 2.32. The van der Waals surface area contributed by atoms with Gasteiger partial charge >= 0.3 is 12.0 Å². The number of piperidine rings is 1. The number of fused-ring (bicyclic) bond motifs is 1. The van der Waals surface area contributed by atoms with Gasteiger partial charge in [-0.25, -0.2) is 9.59 Å². The predicted molar refractivity (Wildman–Crippen MR) is 73.5 cm³/mol. The van der Waals surface area contributed by atoms with Crippen molar-refractivity contribution in [3.8, 4) is 0 Å². The fraction of sp³-hybridized carbons (Fsp3) is 0.857. The number of carbonyl (C=O) groups is 2. The van der Waals surface area contributed by atoms with Gasteiger partial charge in [-0.15, -0.1) is 0 Å². The molecule has 112 valence electrons. The van der Waals surface area contributed by atoms with E-state index in [9.17, 15) is 14.7 Å². The summed E-state index contributed by atoms with van der Waals surface area (Å²) in [5.41, 5.74) is -1.02. The molecule has 3 rings (SSSR count). The minimum absolute atomic E-state index is 0.168. The fourth-order valence-corrected chi connectivity index (χ4v) is 3.76. The second-order valence-electron chi connectivity index (χ2n) is 6.33. The third-order valence-electron chi connectivity index (χ3n) is 5.14. The predicted octanol–water partition coefficient (Wildman–Crippen LogP) is 0.920. The monoisotopic (exact) mass is 281 g/mol. The Kier molecular flexibility index (Phi) is 3.58. The van der Waals surface area contributed by atoms with Crippen LogP contribution in [0, 0.1) is 0 Å². The summed E-state index contributed by atoms with van der Waals surface area (Å²) >= 11 is 0. The number of hydrogen-bond donors (Lipinski definition) is 3. The minimum Gasteiger partial charge on any atom is -0.480 e. The average molecular weight is 281 g/mol. The molecular weight excluding hydrogens is 258 g/mol. The number of aliphatic carboxylic acids is 1. The van der Waals surface area contributed by atoms with E-state index >= 15 is 0 Å². The van der Waals surface area contributed by atoms with Crippen LogP contribution in [-0.4, -0.2) is 52.7 Å². The van der Waals surface area contributed by atoms with Crippen LogP contribution in [0.4, 0.5) is 4.79 Å². The standard InChI is InChI=1S/C14H23N3O3/c18-12(19)14(6-3-7-14)16-13(20)15-10-5-9-17-8-2-1-4-11(10)17/h10-11H,1-9H2,(H,18,19)(H2,15,16,20). The van der Waals surface area contributed by atoms with E-state index in [1.807, 2.05) is 0 Å². The lowest BCUT2D eigenvalue weighted by atomic mass is 9.77. The van der Waals surface area contributed by atoms with Crippen LogP contribution in [0.25, 0.3) is 0 Å². The molecule has 0 aromatic rings. The van der Waals surface area contributed by atoms with Crippen LogP contribution in [0.2, 0.25) is 0 Å². The SMILES string of the molecule is O=C(NC1CCN2CCCCC12)NC1(C(=O)O)CCC1. The zero-order valence-electron chi connectivity index (χ0n) is 11.7. The number of hydrogen-bond acceptors (Lipinski definition) is 3. The molecule has 2 heterocycles. The molecule has 2 unspecified atom stereocenters. The maximum absolute atomic E-state index is 12.1. The second kappa shape index (κ2) is 5.24. The maximum atomic E-state index is 12.1. The van der Waals surface area contributed by atoms with Gasteiger partial charge in [-0.3, -0.25) is 4.90 Å². The van der Waals surface area contributed by atoms with Crippen molar-refractivity contribution < 1.29 is 14.7 Å². The fourth-order valence-electron chi connectivity index (χ4n) is 3.76. The highest BCUT2D eigenvalue weighted by Gasteiger charge is 2.46. The Balaban J connectivity index is 1.55. The molecule has 3 aliphatic rings. The molecule has 0 aromatic heterocycles. The minimum atomic E-state index is -1.02. The molecule has 3 fully saturated rings. The Labute approximate surface area is 118 Å². The summed E-state index contributed by atoms with van der Waals surface area (Å²) in [6.45, 7) is 2.17. The van der Waals surface area contributed by atoms with E-state index in [0.717, 1.165) is 32.4 Å².